The Kier molecular flexibility index (Phi) is 8.22. The molecular weight excluding hydrogens is 520 g/mol. The number of methoxy groups -OCH3 is 2. The number of anilines is 1. The Morgan fingerprint density at radius 1 is 1.03 bits per heavy atom. The number of sulfonamides is 1. The summed E-state index contributed by atoms with van der Waals surface area (Å²) in [5.74, 6) is 0.216. The minimum Gasteiger partial charge on any atom is -0.497 e. The smallest absolute Gasteiger partial charge is 0.268 e. The molecular formula is C25H27BrN2O5S. The summed E-state index contributed by atoms with van der Waals surface area (Å²) in [6, 6.07) is 18.7. The number of rotatable bonds is 9. The van der Waals surface area contributed by atoms with E-state index in [1.165, 1.54) is 20.3 Å². The monoisotopic (exact) mass is 546 g/mol. The van der Waals surface area contributed by atoms with Gasteiger partial charge < -0.3 is 14.8 Å². The van der Waals surface area contributed by atoms with Crippen molar-refractivity contribution in [1.29, 1.82) is 0 Å². The molecule has 9 heteroatoms. The molecule has 180 valence electrons. The van der Waals surface area contributed by atoms with Crippen molar-refractivity contribution in [1.82, 2.24) is 5.32 Å². The molecule has 1 amide bonds. The molecule has 3 aromatic carbocycles. The second-order valence-corrected chi connectivity index (χ2v) is 10.5. The van der Waals surface area contributed by atoms with Crippen molar-refractivity contribution in [2.75, 3.05) is 25.1 Å². The lowest BCUT2D eigenvalue weighted by Gasteiger charge is -2.26. The number of carbonyl (C=O) groups is 1. The highest BCUT2D eigenvalue weighted by Gasteiger charge is 2.31. The van der Waals surface area contributed by atoms with Gasteiger partial charge >= 0.3 is 0 Å². The van der Waals surface area contributed by atoms with E-state index in [0.717, 1.165) is 19.9 Å². The van der Waals surface area contributed by atoms with Crippen molar-refractivity contribution in [2.45, 2.75) is 24.8 Å². The third-order valence-corrected chi connectivity index (χ3v) is 7.59. The average molecular weight is 547 g/mol. The molecule has 0 aliphatic heterocycles. The summed E-state index contributed by atoms with van der Waals surface area (Å²) >= 11 is 3.40. The quantitative estimate of drug-likeness (QED) is 0.414. The second-order valence-electron chi connectivity index (χ2n) is 7.71. The van der Waals surface area contributed by atoms with Crippen molar-refractivity contribution >= 4 is 37.5 Å². The summed E-state index contributed by atoms with van der Waals surface area (Å²) in [7, 11) is -1.26. The van der Waals surface area contributed by atoms with E-state index < -0.39 is 22.5 Å². The van der Waals surface area contributed by atoms with Gasteiger partial charge in [-0.05, 0) is 61.4 Å². The Hall–Kier alpha value is -3.04. The van der Waals surface area contributed by atoms with Crippen molar-refractivity contribution in [3.05, 3.63) is 82.3 Å². The Labute approximate surface area is 208 Å². The van der Waals surface area contributed by atoms with Crippen molar-refractivity contribution in [3.63, 3.8) is 0 Å². The molecule has 1 atom stereocenters. The van der Waals surface area contributed by atoms with E-state index in [4.69, 9.17) is 9.47 Å². The van der Waals surface area contributed by atoms with E-state index in [0.29, 0.717) is 11.4 Å². The van der Waals surface area contributed by atoms with E-state index in [9.17, 15) is 13.2 Å². The van der Waals surface area contributed by atoms with Crippen LogP contribution in [0.1, 0.15) is 24.1 Å². The molecule has 0 aliphatic carbocycles. The number of hydrogen-bond donors (Lipinski definition) is 1. The van der Waals surface area contributed by atoms with Gasteiger partial charge in [-0.15, -0.1) is 0 Å². The van der Waals surface area contributed by atoms with Crippen molar-refractivity contribution in [3.8, 4) is 11.5 Å². The number of benzene rings is 3. The summed E-state index contributed by atoms with van der Waals surface area (Å²) in [4.78, 5) is 13.0. The van der Waals surface area contributed by atoms with Crippen LogP contribution < -0.4 is 19.1 Å². The van der Waals surface area contributed by atoms with E-state index in [2.05, 4.69) is 21.2 Å². The number of nitrogens with zero attached hydrogens (tertiary/aromatic N) is 1. The van der Waals surface area contributed by atoms with Gasteiger partial charge in [0.25, 0.3) is 10.0 Å². The topological polar surface area (TPSA) is 84.9 Å². The summed E-state index contributed by atoms with van der Waals surface area (Å²) in [5, 5.41) is 2.89. The maximum absolute atomic E-state index is 13.8. The first-order valence-electron chi connectivity index (χ1n) is 10.5. The molecule has 0 saturated heterocycles. The van der Waals surface area contributed by atoms with Crippen LogP contribution in [0.4, 0.5) is 5.69 Å². The van der Waals surface area contributed by atoms with Gasteiger partial charge in [-0.25, -0.2) is 8.42 Å². The first-order valence-corrected chi connectivity index (χ1v) is 12.7. The van der Waals surface area contributed by atoms with Crippen LogP contribution in [0, 0.1) is 6.92 Å². The van der Waals surface area contributed by atoms with Gasteiger partial charge in [0.2, 0.25) is 5.91 Å². The highest BCUT2D eigenvalue weighted by Crippen LogP contribution is 2.32. The first-order chi connectivity index (χ1) is 16.1. The number of aryl methyl sites for hydroxylation is 1. The van der Waals surface area contributed by atoms with E-state index >= 15 is 0 Å². The maximum atomic E-state index is 13.8. The lowest BCUT2D eigenvalue weighted by molar-refractivity contribution is -0.120. The summed E-state index contributed by atoms with van der Waals surface area (Å²) in [6.07, 6.45) is 0. The fraction of sp³-hybridized carbons (Fsp3) is 0.240. The molecule has 0 radical (unpaired) electrons. The molecule has 0 heterocycles. The third kappa shape index (κ3) is 5.90. The fourth-order valence-electron chi connectivity index (χ4n) is 3.44. The van der Waals surface area contributed by atoms with Gasteiger partial charge in [-0.3, -0.25) is 9.10 Å². The highest BCUT2D eigenvalue weighted by molar-refractivity contribution is 9.10. The van der Waals surface area contributed by atoms with Crippen LogP contribution in [-0.4, -0.2) is 35.1 Å². The molecule has 34 heavy (non-hydrogen) atoms. The zero-order valence-corrected chi connectivity index (χ0v) is 21.8. The van der Waals surface area contributed by atoms with Gasteiger partial charge in [-0.2, -0.15) is 0 Å². The lowest BCUT2D eigenvalue weighted by Crippen LogP contribution is -2.41. The van der Waals surface area contributed by atoms with Gasteiger partial charge in [0, 0.05) is 10.5 Å². The van der Waals surface area contributed by atoms with E-state index in [-0.39, 0.29) is 16.7 Å². The standard InChI is InChI=1S/C25H27BrN2O5S/c1-17-8-13-23(33-4)24(14-17)34(30,31)28(21-6-5-7-22(15-21)32-3)16-25(29)27-18(2)19-9-11-20(26)12-10-19/h5-15,18H,16H2,1-4H3,(H,27,29)/t18-/m1/s1. The number of hydrogen-bond acceptors (Lipinski definition) is 5. The molecule has 0 aromatic heterocycles. The molecule has 0 unspecified atom stereocenters. The maximum Gasteiger partial charge on any atom is 0.268 e. The highest BCUT2D eigenvalue weighted by atomic mass is 79.9. The molecule has 0 bridgehead atoms. The predicted molar refractivity (Wildman–Crippen MR) is 136 cm³/mol. The van der Waals surface area contributed by atoms with Crippen LogP contribution in [0.15, 0.2) is 76.1 Å². The van der Waals surface area contributed by atoms with Crippen LogP contribution in [0.2, 0.25) is 0 Å². The van der Waals surface area contributed by atoms with Gasteiger partial charge in [0.1, 0.15) is 22.9 Å². The zero-order valence-electron chi connectivity index (χ0n) is 19.4. The summed E-state index contributed by atoms with van der Waals surface area (Å²) < 4.78 is 40.2. The van der Waals surface area contributed by atoms with E-state index in [1.807, 2.05) is 31.2 Å². The fourth-order valence-corrected chi connectivity index (χ4v) is 5.36. The molecule has 7 nitrogen and oxygen atoms in total. The largest absolute Gasteiger partial charge is 0.497 e. The van der Waals surface area contributed by atoms with Gasteiger partial charge in [0.15, 0.2) is 0 Å². The molecule has 0 saturated carbocycles. The van der Waals surface area contributed by atoms with Crippen LogP contribution >= 0.6 is 15.9 Å². The number of ether oxygens (including phenoxy) is 2. The van der Waals surface area contributed by atoms with Crippen LogP contribution in [-0.2, 0) is 14.8 Å². The minimum atomic E-state index is -4.16. The van der Waals surface area contributed by atoms with Crippen LogP contribution in [0.25, 0.3) is 0 Å². The van der Waals surface area contributed by atoms with Gasteiger partial charge in [0.05, 0.1) is 25.9 Å². The predicted octanol–water partition coefficient (Wildman–Crippen LogP) is 4.85. The normalized spacial score (nSPS) is 12.0. The van der Waals surface area contributed by atoms with Gasteiger partial charge in [-0.1, -0.05) is 40.2 Å². The summed E-state index contributed by atoms with van der Waals surface area (Å²) in [6.45, 7) is 3.21. The van der Waals surface area contributed by atoms with Crippen LogP contribution in [0.5, 0.6) is 11.5 Å². The SMILES string of the molecule is COc1cccc(N(CC(=O)N[C@H](C)c2ccc(Br)cc2)S(=O)(=O)c2cc(C)ccc2OC)c1. The molecule has 0 aliphatic rings. The number of amides is 1. The average Bonchev–Trinajstić information content (AvgIpc) is 2.82. The molecule has 0 spiro atoms. The Balaban J connectivity index is 1.98. The number of nitrogens with one attached hydrogen (secondary N) is 1. The molecule has 3 rings (SSSR count). The summed E-state index contributed by atoms with van der Waals surface area (Å²) in [5.41, 5.74) is 1.94. The molecule has 0 fully saturated rings. The lowest BCUT2D eigenvalue weighted by atomic mass is 10.1. The molecule has 1 N–H and O–H groups in total. The van der Waals surface area contributed by atoms with Crippen LogP contribution in [0.3, 0.4) is 0 Å². The van der Waals surface area contributed by atoms with Crippen molar-refractivity contribution in [2.24, 2.45) is 0 Å². The Morgan fingerprint density at radius 3 is 2.38 bits per heavy atom. The number of halogens is 1. The first kappa shape index (κ1) is 25.6. The minimum absolute atomic E-state index is 0.0217. The Morgan fingerprint density at radius 2 is 1.74 bits per heavy atom. The number of carbonyl (C=O) groups excluding carboxylic acids is 1. The zero-order chi connectivity index (χ0) is 24.9. The van der Waals surface area contributed by atoms with E-state index in [1.54, 1.807) is 43.3 Å². The Bertz CT molecular complexity index is 1260. The van der Waals surface area contributed by atoms with Crippen molar-refractivity contribution < 1.29 is 22.7 Å². The third-order valence-electron chi connectivity index (χ3n) is 5.26. The molecule has 3 aromatic rings. The second kappa shape index (κ2) is 10.9.